The predicted octanol–water partition coefficient (Wildman–Crippen LogP) is 4.47. The van der Waals surface area contributed by atoms with Crippen molar-refractivity contribution in [2.45, 2.75) is 51.6 Å². The van der Waals surface area contributed by atoms with Crippen molar-refractivity contribution in [2.24, 2.45) is 0 Å². The average Bonchev–Trinajstić information content (AvgIpc) is 3.09. The van der Waals surface area contributed by atoms with Gasteiger partial charge >= 0.3 is 6.03 Å². The van der Waals surface area contributed by atoms with E-state index in [-0.39, 0.29) is 23.9 Å². The normalized spacial score (nSPS) is 19.7. The molecule has 12 nitrogen and oxygen atoms in total. The van der Waals surface area contributed by atoms with E-state index in [0.717, 1.165) is 57.0 Å². The maximum absolute atomic E-state index is 13.0. The third-order valence-corrected chi connectivity index (χ3v) is 8.97. The summed E-state index contributed by atoms with van der Waals surface area (Å²) in [6, 6.07) is 14.8. The fourth-order valence-electron chi connectivity index (χ4n) is 6.12. The summed E-state index contributed by atoms with van der Waals surface area (Å²) in [5, 5.41) is 5.74. The van der Waals surface area contributed by atoms with Gasteiger partial charge in [-0.15, -0.1) is 0 Å². The van der Waals surface area contributed by atoms with E-state index in [1.165, 1.54) is 0 Å². The van der Waals surface area contributed by atoms with E-state index in [9.17, 15) is 9.59 Å². The Hall–Kier alpha value is -4.13. The van der Waals surface area contributed by atoms with Gasteiger partial charge in [0.1, 0.15) is 5.82 Å². The number of amides is 3. The van der Waals surface area contributed by atoms with E-state index in [1.54, 1.807) is 24.3 Å². The molecular weight excluding hydrogens is 584 g/mol. The number of carbonyl (C=O) groups excluding carboxylic acids is 2. The first-order chi connectivity index (χ1) is 22.3. The van der Waals surface area contributed by atoms with Crippen LogP contribution in [0.5, 0.6) is 0 Å². The van der Waals surface area contributed by atoms with E-state index in [4.69, 9.17) is 24.4 Å². The Labute approximate surface area is 270 Å². The van der Waals surface area contributed by atoms with Crippen LogP contribution in [0.3, 0.4) is 0 Å². The number of ether oxygens (including phenoxy) is 2. The Kier molecular flexibility index (Phi) is 10.1. The van der Waals surface area contributed by atoms with Gasteiger partial charge in [0.15, 0.2) is 5.82 Å². The van der Waals surface area contributed by atoms with Crippen molar-refractivity contribution in [3.05, 3.63) is 59.9 Å². The van der Waals surface area contributed by atoms with Crippen LogP contribution in [-0.2, 0) is 9.47 Å². The minimum Gasteiger partial charge on any atom is -0.381 e. The lowest BCUT2D eigenvalue weighted by molar-refractivity contribution is 0.0595. The molecule has 3 amide bonds. The van der Waals surface area contributed by atoms with Gasteiger partial charge in [-0.2, -0.15) is 9.97 Å². The summed E-state index contributed by atoms with van der Waals surface area (Å²) in [5.41, 5.74) is 2.69. The van der Waals surface area contributed by atoms with Gasteiger partial charge in [0.05, 0.1) is 19.3 Å². The first-order valence-electron chi connectivity index (χ1n) is 16.3. The van der Waals surface area contributed by atoms with E-state index in [2.05, 4.69) is 41.2 Å². The third kappa shape index (κ3) is 7.63. The van der Waals surface area contributed by atoms with Crippen molar-refractivity contribution in [3.63, 3.8) is 0 Å². The number of hydrogen-bond donors (Lipinski definition) is 2. The summed E-state index contributed by atoms with van der Waals surface area (Å²) >= 11 is 0. The fraction of sp³-hybridized carbons (Fsp3) is 0.500. The molecule has 244 valence electrons. The molecule has 0 bridgehead atoms. The number of hydrogen-bond acceptors (Lipinski definition) is 9. The SMILES string of the molecule is CC(C)N1CCN(C(=O)c2ccc(NC(=O)Nc3ccc(-c4nc(C5CCOCC5)nc(N5CCOCC5C)n4)cc3)cc2)CC1. The highest BCUT2D eigenvalue weighted by atomic mass is 16.5. The van der Waals surface area contributed by atoms with Crippen LogP contribution >= 0.6 is 0 Å². The largest absolute Gasteiger partial charge is 0.381 e. The van der Waals surface area contributed by atoms with Crippen LogP contribution in [0.25, 0.3) is 11.4 Å². The van der Waals surface area contributed by atoms with Gasteiger partial charge < -0.3 is 29.9 Å². The van der Waals surface area contributed by atoms with Crippen LogP contribution in [0.2, 0.25) is 0 Å². The number of aromatic nitrogens is 3. The van der Waals surface area contributed by atoms with Crippen LogP contribution in [0.15, 0.2) is 48.5 Å². The monoisotopic (exact) mass is 628 g/mol. The van der Waals surface area contributed by atoms with Gasteiger partial charge in [-0.3, -0.25) is 9.69 Å². The number of rotatable bonds is 7. The van der Waals surface area contributed by atoms with Crippen LogP contribution in [0.1, 0.15) is 55.7 Å². The van der Waals surface area contributed by atoms with Gasteiger partial charge in [0, 0.05) is 80.4 Å². The van der Waals surface area contributed by atoms with Crippen molar-refractivity contribution in [1.29, 1.82) is 0 Å². The maximum atomic E-state index is 13.0. The van der Waals surface area contributed by atoms with Crippen LogP contribution in [-0.4, -0.2) is 108 Å². The van der Waals surface area contributed by atoms with Crippen LogP contribution in [0.4, 0.5) is 22.1 Å². The molecule has 0 aliphatic carbocycles. The van der Waals surface area contributed by atoms with E-state index in [1.807, 2.05) is 29.2 Å². The second-order valence-electron chi connectivity index (χ2n) is 12.5. The number of anilines is 3. The number of nitrogens with zero attached hydrogens (tertiary/aromatic N) is 6. The quantitative estimate of drug-likeness (QED) is 0.390. The molecule has 1 aromatic heterocycles. The van der Waals surface area contributed by atoms with Crippen molar-refractivity contribution >= 4 is 29.3 Å². The number of carbonyl (C=O) groups is 2. The van der Waals surface area contributed by atoms with Crippen molar-refractivity contribution in [3.8, 4) is 11.4 Å². The van der Waals surface area contributed by atoms with Crippen LogP contribution < -0.4 is 15.5 Å². The zero-order chi connectivity index (χ0) is 32.0. The molecule has 1 unspecified atom stereocenters. The molecule has 3 aromatic rings. The molecule has 3 fully saturated rings. The minimum atomic E-state index is -0.373. The van der Waals surface area contributed by atoms with Gasteiger partial charge in [0.25, 0.3) is 5.91 Å². The summed E-state index contributed by atoms with van der Waals surface area (Å²) < 4.78 is 11.2. The molecule has 4 heterocycles. The second-order valence-corrected chi connectivity index (χ2v) is 12.5. The zero-order valence-corrected chi connectivity index (χ0v) is 26.9. The molecule has 3 saturated heterocycles. The second kappa shape index (κ2) is 14.5. The van der Waals surface area contributed by atoms with Gasteiger partial charge in [0.2, 0.25) is 5.95 Å². The molecule has 3 aliphatic rings. The van der Waals surface area contributed by atoms with Gasteiger partial charge in [-0.05, 0) is 82.1 Å². The predicted molar refractivity (Wildman–Crippen MR) is 177 cm³/mol. The number of morpholine rings is 1. The summed E-state index contributed by atoms with van der Waals surface area (Å²) in [6.07, 6.45) is 1.77. The van der Waals surface area contributed by atoms with Crippen molar-refractivity contribution in [1.82, 2.24) is 24.8 Å². The number of urea groups is 1. The Morgan fingerprint density at radius 1 is 0.804 bits per heavy atom. The summed E-state index contributed by atoms with van der Waals surface area (Å²) in [5.74, 6) is 2.32. The number of piperazine rings is 1. The lowest BCUT2D eigenvalue weighted by Gasteiger charge is -2.37. The van der Waals surface area contributed by atoms with E-state index in [0.29, 0.717) is 61.2 Å². The van der Waals surface area contributed by atoms with Crippen molar-refractivity contribution < 1.29 is 19.1 Å². The smallest absolute Gasteiger partial charge is 0.323 e. The topological polar surface area (TPSA) is 125 Å². The highest BCUT2D eigenvalue weighted by molar-refractivity contribution is 6.00. The number of benzene rings is 2. The van der Waals surface area contributed by atoms with E-state index < -0.39 is 0 Å². The Bertz CT molecular complexity index is 1490. The van der Waals surface area contributed by atoms with Gasteiger partial charge in [-0.1, -0.05) is 0 Å². The van der Waals surface area contributed by atoms with E-state index >= 15 is 0 Å². The molecule has 2 aromatic carbocycles. The molecule has 0 saturated carbocycles. The Balaban J connectivity index is 1.09. The molecule has 6 rings (SSSR count). The summed E-state index contributed by atoms with van der Waals surface area (Å²) in [7, 11) is 0. The third-order valence-electron chi connectivity index (χ3n) is 8.97. The summed E-state index contributed by atoms with van der Waals surface area (Å²) in [4.78, 5) is 46.9. The molecule has 3 aliphatic heterocycles. The first-order valence-corrected chi connectivity index (χ1v) is 16.3. The standard InChI is InChI=1S/C34H44N8O4/c1-23(2)40-14-16-41(17-15-40)32(43)27-6-10-29(11-7-27)36-34(44)35-28-8-4-25(5-9-28)30-37-31(26-12-19-45-20-13-26)39-33(38-30)42-18-21-46-22-24(42)3/h4-11,23-24,26H,12-22H2,1-3H3,(H2,35,36,44). The van der Waals surface area contributed by atoms with Gasteiger partial charge in [-0.25, -0.2) is 9.78 Å². The molecular formula is C34H44N8O4. The Morgan fingerprint density at radius 2 is 1.46 bits per heavy atom. The molecule has 46 heavy (non-hydrogen) atoms. The maximum Gasteiger partial charge on any atom is 0.323 e. The fourth-order valence-corrected chi connectivity index (χ4v) is 6.12. The van der Waals surface area contributed by atoms with Crippen LogP contribution in [0, 0.1) is 0 Å². The average molecular weight is 629 g/mol. The summed E-state index contributed by atoms with van der Waals surface area (Å²) in [6.45, 7) is 13.1. The molecule has 12 heteroatoms. The number of nitrogens with one attached hydrogen (secondary N) is 2. The lowest BCUT2D eigenvalue weighted by Crippen LogP contribution is -2.50. The Morgan fingerprint density at radius 3 is 2.09 bits per heavy atom. The molecule has 1 atom stereocenters. The first kappa shape index (κ1) is 31.8. The highest BCUT2D eigenvalue weighted by Crippen LogP contribution is 2.29. The molecule has 2 N–H and O–H groups in total. The van der Waals surface area contributed by atoms with Crippen molar-refractivity contribution in [2.75, 3.05) is 74.7 Å². The lowest BCUT2D eigenvalue weighted by atomic mass is 9.99. The minimum absolute atomic E-state index is 0.0177. The highest BCUT2D eigenvalue weighted by Gasteiger charge is 2.27. The molecule has 0 radical (unpaired) electrons. The molecule has 0 spiro atoms. The zero-order valence-electron chi connectivity index (χ0n) is 26.9.